The van der Waals surface area contributed by atoms with Crippen molar-refractivity contribution in [3.05, 3.63) is 82.7 Å². The van der Waals surface area contributed by atoms with Gasteiger partial charge in [-0.1, -0.05) is 63.1 Å². The lowest BCUT2D eigenvalue weighted by Gasteiger charge is -2.24. The Balaban J connectivity index is 1.50. The highest BCUT2D eigenvalue weighted by Crippen LogP contribution is 2.57. The normalized spacial score (nSPS) is 16.0. The topological polar surface area (TPSA) is 38.9 Å². The molecule has 7 rings (SSSR count). The third-order valence-corrected chi connectivity index (χ3v) is 8.52. The molecular weight excluding hydrogens is 428 g/mol. The van der Waals surface area contributed by atoms with Crippen molar-refractivity contribution in [1.29, 1.82) is 0 Å². The summed E-state index contributed by atoms with van der Waals surface area (Å²) in [6.45, 7) is 8.76. The number of benzene rings is 2. The quantitative estimate of drug-likeness (QED) is 0.266. The highest BCUT2D eigenvalue weighted by Gasteiger charge is 2.46. The van der Waals surface area contributed by atoms with Gasteiger partial charge in [0.2, 0.25) is 5.71 Å². The van der Waals surface area contributed by atoms with Crippen LogP contribution < -0.4 is 0 Å². The molecule has 2 aromatic carbocycles. The van der Waals surface area contributed by atoms with Gasteiger partial charge >= 0.3 is 0 Å². The Bertz CT molecular complexity index is 1650. The maximum absolute atomic E-state index is 6.61. The highest BCUT2D eigenvalue weighted by atomic mass is 16.3. The van der Waals surface area contributed by atoms with Crippen molar-refractivity contribution in [3.63, 3.8) is 0 Å². The molecule has 3 heterocycles. The summed E-state index contributed by atoms with van der Waals surface area (Å²) in [4.78, 5) is 10.2. The van der Waals surface area contributed by atoms with Crippen LogP contribution in [0.5, 0.6) is 0 Å². The van der Waals surface area contributed by atoms with Gasteiger partial charge in [-0.05, 0) is 72.6 Å². The second kappa shape index (κ2) is 7.27. The van der Waals surface area contributed by atoms with E-state index in [1.807, 2.05) is 6.20 Å². The smallest absolute Gasteiger partial charge is 0.227 e. The van der Waals surface area contributed by atoms with Crippen LogP contribution in [0.1, 0.15) is 73.4 Å². The molecule has 0 aliphatic heterocycles. The lowest BCUT2D eigenvalue weighted by molar-refractivity contribution is 0.530. The summed E-state index contributed by atoms with van der Waals surface area (Å²) in [5.74, 6) is 0.456. The lowest BCUT2D eigenvalue weighted by Crippen LogP contribution is -2.21. The molecule has 3 heteroatoms. The average molecular weight is 459 g/mol. The van der Waals surface area contributed by atoms with Gasteiger partial charge in [-0.2, -0.15) is 0 Å². The zero-order valence-electron chi connectivity index (χ0n) is 20.9. The molecule has 3 aromatic heterocycles. The van der Waals surface area contributed by atoms with Crippen molar-refractivity contribution < 1.29 is 4.42 Å². The summed E-state index contributed by atoms with van der Waals surface area (Å²) in [7, 11) is 0. The van der Waals surface area contributed by atoms with E-state index in [1.165, 1.54) is 64.8 Å². The standard InChI is InChI=1S/C32H30N2O/c1-18(2)25-17-33-27(15-20(25)4)28-19(3)11-12-22-24-16-23-21-9-5-6-10-26(21)32(13-7-8-14-32)30(23)34-31(24)35-29(22)28/h5-6,9-12,15-18H,7-8,13-14H2,1-4H3. The van der Waals surface area contributed by atoms with Gasteiger partial charge in [0.1, 0.15) is 5.58 Å². The van der Waals surface area contributed by atoms with Crippen LogP contribution >= 0.6 is 0 Å². The van der Waals surface area contributed by atoms with E-state index in [4.69, 9.17) is 14.4 Å². The van der Waals surface area contributed by atoms with Gasteiger partial charge < -0.3 is 4.42 Å². The third kappa shape index (κ3) is 2.78. The van der Waals surface area contributed by atoms with E-state index in [0.717, 1.165) is 33.3 Å². The Morgan fingerprint density at radius 3 is 2.46 bits per heavy atom. The molecule has 35 heavy (non-hydrogen) atoms. The number of pyridine rings is 2. The number of fused-ring (bicyclic) bond motifs is 8. The van der Waals surface area contributed by atoms with E-state index in [-0.39, 0.29) is 5.41 Å². The van der Waals surface area contributed by atoms with Crippen LogP contribution in [0.2, 0.25) is 0 Å². The molecule has 174 valence electrons. The Kier molecular flexibility index (Phi) is 4.34. The first-order chi connectivity index (χ1) is 17.0. The lowest BCUT2D eigenvalue weighted by atomic mass is 9.79. The fourth-order valence-electron chi connectivity index (χ4n) is 6.81. The Morgan fingerprint density at radius 2 is 1.69 bits per heavy atom. The van der Waals surface area contributed by atoms with Crippen molar-refractivity contribution in [2.24, 2.45) is 0 Å². The predicted octanol–water partition coefficient (Wildman–Crippen LogP) is 8.62. The van der Waals surface area contributed by atoms with Gasteiger partial charge in [0.25, 0.3) is 0 Å². The Labute approximate surface area is 206 Å². The zero-order chi connectivity index (χ0) is 23.9. The number of furan rings is 1. The van der Waals surface area contributed by atoms with Gasteiger partial charge in [0.05, 0.1) is 11.4 Å². The van der Waals surface area contributed by atoms with E-state index in [0.29, 0.717) is 5.92 Å². The predicted molar refractivity (Wildman–Crippen MR) is 143 cm³/mol. The van der Waals surface area contributed by atoms with Gasteiger partial charge in [-0.3, -0.25) is 4.98 Å². The number of hydrogen-bond donors (Lipinski definition) is 0. The van der Waals surface area contributed by atoms with Crippen molar-refractivity contribution in [1.82, 2.24) is 9.97 Å². The number of rotatable bonds is 2. The van der Waals surface area contributed by atoms with E-state index in [1.54, 1.807) is 0 Å². The first-order valence-corrected chi connectivity index (χ1v) is 12.9. The van der Waals surface area contributed by atoms with E-state index in [2.05, 4.69) is 76.2 Å². The summed E-state index contributed by atoms with van der Waals surface area (Å²) in [6, 6.07) is 17.9. The van der Waals surface area contributed by atoms with Crippen LogP contribution in [-0.4, -0.2) is 9.97 Å². The second-order valence-corrected chi connectivity index (χ2v) is 10.9. The van der Waals surface area contributed by atoms with Crippen molar-refractivity contribution >= 4 is 22.1 Å². The monoisotopic (exact) mass is 458 g/mol. The van der Waals surface area contributed by atoms with Crippen LogP contribution in [0.25, 0.3) is 44.5 Å². The van der Waals surface area contributed by atoms with Crippen molar-refractivity contribution in [3.8, 4) is 22.4 Å². The molecule has 0 saturated heterocycles. The SMILES string of the molecule is Cc1cc(-c2c(C)ccc3c2oc2nc4c(cc23)-c2ccccc2C42CCCC2)ncc1C(C)C. The maximum atomic E-state index is 6.61. The van der Waals surface area contributed by atoms with Crippen LogP contribution in [0.3, 0.4) is 0 Å². The molecule has 2 aliphatic carbocycles. The molecule has 1 fully saturated rings. The molecule has 0 radical (unpaired) electrons. The summed E-state index contributed by atoms with van der Waals surface area (Å²) < 4.78 is 6.61. The van der Waals surface area contributed by atoms with Gasteiger partial charge in [-0.15, -0.1) is 0 Å². The molecule has 3 nitrogen and oxygen atoms in total. The van der Waals surface area contributed by atoms with Crippen LogP contribution in [0, 0.1) is 13.8 Å². The van der Waals surface area contributed by atoms with Gasteiger partial charge in [0, 0.05) is 33.5 Å². The fourth-order valence-corrected chi connectivity index (χ4v) is 6.81. The molecule has 0 N–H and O–H groups in total. The molecular formula is C32H30N2O. The van der Waals surface area contributed by atoms with E-state index >= 15 is 0 Å². The summed E-state index contributed by atoms with van der Waals surface area (Å²) >= 11 is 0. The minimum absolute atomic E-state index is 0.0448. The largest absolute Gasteiger partial charge is 0.437 e. The molecule has 5 aromatic rings. The van der Waals surface area contributed by atoms with Crippen molar-refractivity contribution in [2.45, 2.75) is 64.7 Å². The number of aryl methyl sites for hydroxylation is 2. The summed E-state index contributed by atoms with van der Waals surface area (Å²) in [5.41, 5.74) is 12.8. The third-order valence-electron chi connectivity index (χ3n) is 8.52. The second-order valence-electron chi connectivity index (χ2n) is 10.9. The Morgan fingerprint density at radius 1 is 0.886 bits per heavy atom. The molecule has 1 saturated carbocycles. The number of nitrogens with zero attached hydrogens (tertiary/aromatic N) is 2. The zero-order valence-corrected chi connectivity index (χ0v) is 20.9. The first-order valence-electron chi connectivity index (χ1n) is 12.9. The summed E-state index contributed by atoms with van der Waals surface area (Å²) in [5, 5.41) is 2.22. The highest BCUT2D eigenvalue weighted by molar-refractivity contribution is 6.10. The number of hydrogen-bond acceptors (Lipinski definition) is 3. The number of aromatic nitrogens is 2. The maximum Gasteiger partial charge on any atom is 0.227 e. The van der Waals surface area contributed by atoms with Crippen molar-refractivity contribution in [2.75, 3.05) is 0 Å². The Hall–Kier alpha value is -3.46. The average Bonchev–Trinajstić information content (AvgIpc) is 3.54. The van der Waals surface area contributed by atoms with Gasteiger partial charge in [-0.25, -0.2) is 4.98 Å². The molecule has 0 atom stereocenters. The van der Waals surface area contributed by atoms with Crippen LogP contribution in [-0.2, 0) is 5.41 Å². The van der Waals surface area contributed by atoms with Gasteiger partial charge in [0.15, 0.2) is 0 Å². The van der Waals surface area contributed by atoms with E-state index in [9.17, 15) is 0 Å². The minimum atomic E-state index is 0.0448. The molecule has 1 spiro atoms. The van der Waals surface area contributed by atoms with E-state index < -0.39 is 0 Å². The molecule has 0 amide bonds. The molecule has 0 bridgehead atoms. The molecule has 0 unspecified atom stereocenters. The first kappa shape index (κ1) is 20.9. The fraction of sp³-hybridized carbons (Fsp3) is 0.312. The van der Waals surface area contributed by atoms with Crippen LogP contribution in [0.4, 0.5) is 0 Å². The van der Waals surface area contributed by atoms with Crippen LogP contribution in [0.15, 0.2) is 59.1 Å². The summed E-state index contributed by atoms with van der Waals surface area (Å²) in [6.07, 6.45) is 6.89. The molecule has 2 aliphatic rings. The minimum Gasteiger partial charge on any atom is -0.437 e.